The molecule has 27 heavy (non-hydrogen) atoms. The molecular weight excluding hydrogens is 358 g/mol. The maximum atomic E-state index is 10.9. The van der Waals surface area contributed by atoms with E-state index in [0.29, 0.717) is 6.54 Å². The van der Waals surface area contributed by atoms with Gasteiger partial charge in [0, 0.05) is 19.8 Å². The van der Waals surface area contributed by atoms with Crippen molar-refractivity contribution in [1.82, 2.24) is 5.32 Å². The van der Waals surface area contributed by atoms with Crippen LogP contribution in [-0.2, 0) is 9.53 Å². The van der Waals surface area contributed by atoms with Gasteiger partial charge in [0.2, 0.25) is 5.91 Å². The highest BCUT2D eigenvalue weighted by molar-refractivity contribution is 6.27. The molecule has 0 aromatic heterocycles. The molecule has 0 bridgehead atoms. The van der Waals surface area contributed by atoms with Gasteiger partial charge in [0.05, 0.1) is 0 Å². The van der Waals surface area contributed by atoms with Crippen molar-refractivity contribution < 1.29 is 9.53 Å². The van der Waals surface area contributed by atoms with Crippen molar-refractivity contribution in [1.29, 1.82) is 0 Å². The summed E-state index contributed by atoms with van der Waals surface area (Å²) in [5, 5.41) is 2.74. The molecule has 0 radical (unpaired) electrons. The first-order valence-electron chi connectivity index (χ1n) is 11.7. The van der Waals surface area contributed by atoms with Gasteiger partial charge in [-0.2, -0.15) is 0 Å². The van der Waals surface area contributed by atoms with Crippen molar-refractivity contribution in [3.63, 3.8) is 0 Å². The maximum Gasteiger partial charge on any atom is 0.234 e. The van der Waals surface area contributed by atoms with Crippen LogP contribution >= 0.6 is 11.6 Å². The summed E-state index contributed by atoms with van der Waals surface area (Å²) in [6.45, 7) is 4.51. The van der Waals surface area contributed by atoms with E-state index < -0.39 is 0 Å². The predicted molar refractivity (Wildman–Crippen MR) is 119 cm³/mol. The molecule has 0 aromatic rings. The summed E-state index contributed by atoms with van der Waals surface area (Å²) in [7, 11) is 0. The third kappa shape index (κ3) is 23.7. The molecule has 1 N–H and O–H groups in total. The summed E-state index contributed by atoms with van der Waals surface area (Å²) in [5.41, 5.74) is 0. The van der Waals surface area contributed by atoms with E-state index in [1.807, 2.05) is 0 Å². The summed E-state index contributed by atoms with van der Waals surface area (Å²) < 4.78 is 5.58. The van der Waals surface area contributed by atoms with Crippen LogP contribution in [0, 0.1) is 0 Å². The maximum absolute atomic E-state index is 10.9. The van der Waals surface area contributed by atoms with Crippen LogP contribution in [0.5, 0.6) is 0 Å². The summed E-state index contributed by atoms with van der Waals surface area (Å²) in [4.78, 5) is 10.9. The van der Waals surface area contributed by atoms with Crippen molar-refractivity contribution in [2.45, 2.75) is 116 Å². The number of halogens is 1. The van der Waals surface area contributed by atoms with Gasteiger partial charge in [-0.15, -0.1) is 11.6 Å². The highest BCUT2D eigenvalue weighted by Gasteiger charge is 1.97. The minimum atomic E-state index is -0.102. The normalized spacial score (nSPS) is 11.0. The second-order valence-corrected chi connectivity index (χ2v) is 8.02. The lowest BCUT2D eigenvalue weighted by atomic mass is 10.0. The monoisotopic (exact) mass is 403 g/mol. The molecule has 1 amide bonds. The number of carbonyl (C=O) groups is 1. The second-order valence-electron chi connectivity index (χ2n) is 7.75. The average molecular weight is 404 g/mol. The number of unbranched alkanes of at least 4 members (excludes halogenated alkanes) is 15. The molecule has 0 rings (SSSR count). The molecule has 0 saturated heterocycles. The Hall–Kier alpha value is -0.280. The second kappa shape index (κ2) is 23.8. The van der Waals surface area contributed by atoms with E-state index in [2.05, 4.69) is 12.2 Å². The zero-order chi connectivity index (χ0) is 19.8. The van der Waals surface area contributed by atoms with Crippen LogP contribution in [0.3, 0.4) is 0 Å². The van der Waals surface area contributed by atoms with Crippen LogP contribution in [0.15, 0.2) is 0 Å². The van der Waals surface area contributed by atoms with E-state index in [9.17, 15) is 4.79 Å². The van der Waals surface area contributed by atoms with Gasteiger partial charge in [0.1, 0.15) is 5.88 Å². The van der Waals surface area contributed by atoms with Crippen LogP contribution in [0.1, 0.15) is 116 Å². The Morgan fingerprint density at radius 1 is 0.667 bits per heavy atom. The first kappa shape index (κ1) is 26.7. The number of amides is 1. The lowest BCUT2D eigenvalue weighted by Gasteiger charge is -2.05. The fourth-order valence-electron chi connectivity index (χ4n) is 3.30. The molecule has 3 nitrogen and oxygen atoms in total. The Kier molecular flexibility index (Phi) is 23.5. The molecule has 162 valence electrons. The lowest BCUT2D eigenvalue weighted by Crippen LogP contribution is -2.26. The van der Waals surface area contributed by atoms with Gasteiger partial charge < -0.3 is 10.1 Å². The van der Waals surface area contributed by atoms with E-state index >= 15 is 0 Å². The van der Waals surface area contributed by atoms with Gasteiger partial charge in [-0.1, -0.05) is 103 Å². The standard InChI is InChI=1S/C23H46ClNO2/c1-2-3-4-5-6-7-8-9-10-11-12-13-14-15-16-17-20-27-21-18-19-25-23(26)22-24/h2-22H2,1H3,(H,25,26). The van der Waals surface area contributed by atoms with Crippen molar-refractivity contribution in [3.8, 4) is 0 Å². The summed E-state index contributed by atoms with van der Waals surface area (Å²) in [6, 6.07) is 0. The summed E-state index contributed by atoms with van der Waals surface area (Å²) >= 11 is 5.40. The van der Waals surface area contributed by atoms with Crippen LogP contribution in [-0.4, -0.2) is 31.5 Å². The SMILES string of the molecule is CCCCCCCCCCCCCCCCCCOCCCNC(=O)CCl. The molecule has 0 aliphatic carbocycles. The molecule has 0 fully saturated rings. The highest BCUT2D eigenvalue weighted by atomic mass is 35.5. The fraction of sp³-hybridized carbons (Fsp3) is 0.957. The fourth-order valence-corrected chi connectivity index (χ4v) is 3.40. The van der Waals surface area contributed by atoms with E-state index in [1.54, 1.807) is 0 Å². The highest BCUT2D eigenvalue weighted by Crippen LogP contribution is 2.13. The third-order valence-electron chi connectivity index (χ3n) is 5.05. The Labute approximate surface area is 174 Å². The van der Waals surface area contributed by atoms with Gasteiger partial charge >= 0.3 is 0 Å². The quantitative estimate of drug-likeness (QED) is 0.156. The number of carbonyl (C=O) groups excluding carboxylic acids is 1. The van der Waals surface area contributed by atoms with Crippen LogP contribution in [0.2, 0.25) is 0 Å². The molecule has 0 aliphatic heterocycles. The minimum Gasteiger partial charge on any atom is -0.381 e. The first-order chi connectivity index (χ1) is 13.3. The third-order valence-corrected chi connectivity index (χ3v) is 5.29. The van der Waals surface area contributed by atoms with Crippen molar-refractivity contribution in [3.05, 3.63) is 0 Å². The van der Waals surface area contributed by atoms with E-state index in [4.69, 9.17) is 16.3 Å². The molecular formula is C23H46ClNO2. The molecule has 4 heteroatoms. The Balaban J connectivity index is 3.00. The molecule has 0 saturated carbocycles. The van der Waals surface area contributed by atoms with Gasteiger partial charge in [0.25, 0.3) is 0 Å². The minimum absolute atomic E-state index is 0.0417. The Morgan fingerprint density at radius 3 is 1.52 bits per heavy atom. The largest absolute Gasteiger partial charge is 0.381 e. The molecule has 0 unspecified atom stereocenters. The van der Waals surface area contributed by atoms with Crippen molar-refractivity contribution in [2.75, 3.05) is 25.6 Å². The molecule has 0 atom stereocenters. The average Bonchev–Trinajstić information content (AvgIpc) is 2.68. The number of hydrogen-bond donors (Lipinski definition) is 1. The van der Waals surface area contributed by atoms with Crippen LogP contribution in [0.25, 0.3) is 0 Å². The smallest absolute Gasteiger partial charge is 0.234 e. The lowest BCUT2D eigenvalue weighted by molar-refractivity contribution is -0.118. The zero-order valence-electron chi connectivity index (χ0n) is 18.0. The van der Waals surface area contributed by atoms with Crippen molar-refractivity contribution >= 4 is 17.5 Å². The van der Waals surface area contributed by atoms with Crippen LogP contribution < -0.4 is 5.32 Å². The predicted octanol–water partition coefficient (Wildman–Crippen LogP) is 7.01. The van der Waals surface area contributed by atoms with Crippen LogP contribution in [0.4, 0.5) is 0 Å². The van der Waals surface area contributed by atoms with Gasteiger partial charge in [-0.05, 0) is 12.8 Å². The Bertz CT molecular complexity index is 300. The topological polar surface area (TPSA) is 38.3 Å². The summed E-state index contributed by atoms with van der Waals surface area (Å²) in [5.74, 6) is -0.0606. The number of alkyl halides is 1. The molecule has 0 aliphatic rings. The van der Waals surface area contributed by atoms with E-state index in [-0.39, 0.29) is 11.8 Å². The number of ether oxygens (including phenoxy) is 1. The molecule has 0 aromatic carbocycles. The van der Waals surface area contributed by atoms with E-state index in [1.165, 1.54) is 96.3 Å². The van der Waals surface area contributed by atoms with Gasteiger partial charge in [-0.25, -0.2) is 0 Å². The molecule has 0 heterocycles. The van der Waals surface area contributed by atoms with Gasteiger partial charge in [-0.3, -0.25) is 4.79 Å². The number of rotatable bonds is 22. The molecule has 0 spiro atoms. The first-order valence-corrected chi connectivity index (χ1v) is 12.2. The Morgan fingerprint density at radius 2 is 1.07 bits per heavy atom. The van der Waals surface area contributed by atoms with Crippen molar-refractivity contribution in [2.24, 2.45) is 0 Å². The summed E-state index contributed by atoms with van der Waals surface area (Å²) in [6.07, 6.45) is 23.2. The van der Waals surface area contributed by atoms with E-state index in [0.717, 1.165) is 26.1 Å². The number of hydrogen-bond acceptors (Lipinski definition) is 2. The zero-order valence-corrected chi connectivity index (χ0v) is 18.8. The number of nitrogens with one attached hydrogen (secondary N) is 1. The van der Waals surface area contributed by atoms with Gasteiger partial charge in [0.15, 0.2) is 0 Å².